The molecule has 0 bridgehead atoms. The van der Waals surface area contributed by atoms with Crippen LogP contribution in [-0.2, 0) is 19.3 Å². The third kappa shape index (κ3) is 2.27. The third-order valence-electron chi connectivity index (χ3n) is 5.50. The van der Waals surface area contributed by atoms with Crippen LogP contribution in [0.4, 0.5) is 4.39 Å². The second kappa shape index (κ2) is 5.44. The van der Waals surface area contributed by atoms with Crippen molar-refractivity contribution >= 4 is 16.8 Å². The van der Waals surface area contributed by atoms with Gasteiger partial charge in [0, 0.05) is 27.9 Å². The zero-order valence-corrected chi connectivity index (χ0v) is 13.8. The Kier molecular flexibility index (Phi) is 3.20. The number of halogens is 1. The predicted octanol–water partition coefficient (Wildman–Crippen LogP) is 3.33. The van der Waals surface area contributed by atoms with E-state index in [9.17, 15) is 9.18 Å². The molecule has 0 saturated heterocycles. The molecule has 2 heterocycles. The number of aryl methyl sites for hydroxylation is 2. The fourth-order valence-corrected chi connectivity index (χ4v) is 4.31. The number of benzene rings is 1. The Balaban J connectivity index is 1.48. The summed E-state index contributed by atoms with van der Waals surface area (Å²) >= 11 is 0. The van der Waals surface area contributed by atoms with E-state index in [1.54, 1.807) is 12.1 Å². The zero-order chi connectivity index (χ0) is 17.0. The first kappa shape index (κ1) is 14.7. The van der Waals surface area contributed by atoms with E-state index in [2.05, 4.69) is 20.5 Å². The van der Waals surface area contributed by atoms with Gasteiger partial charge >= 0.3 is 0 Å². The van der Waals surface area contributed by atoms with Crippen molar-refractivity contribution in [3.8, 4) is 0 Å². The van der Waals surface area contributed by atoms with Crippen LogP contribution in [0.1, 0.15) is 58.3 Å². The number of nitrogens with zero attached hydrogens (tertiary/aromatic N) is 1. The number of carbonyl (C=O) groups excluding carboxylic acids is 1. The average Bonchev–Trinajstić information content (AvgIpc) is 3.28. The van der Waals surface area contributed by atoms with Gasteiger partial charge in [0.2, 0.25) is 0 Å². The molecular weight excluding hydrogens is 319 g/mol. The van der Waals surface area contributed by atoms with Gasteiger partial charge in [-0.05, 0) is 62.3 Å². The smallest absolute Gasteiger partial charge is 0.272 e. The molecular formula is C19H19FN4O. The minimum absolute atomic E-state index is 0.0829. The summed E-state index contributed by atoms with van der Waals surface area (Å²) in [6, 6.07) is 4.73. The lowest BCUT2D eigenvalue weighted by molar-refractivity contribution is 0.0926. The van der Waals surface area contributed by atoms with Crippen molar-refractivity contribution in [1.29, 1.82) is 0 Å². The van der Waals surface area contributed by atoms with Gasteiger partial charge in [0.25, 0.3) is 5.91 Å². The molecule has 128 valence electrons. The molecule has 3 N–H and O–H groups in total. The molecule has 2 aromatic heterocycles. The number of aromatic amines is 2. The highest BCUT2D eigenvalue weighted by Crippen LogP contribution is 2.35. The molecule has 0 spiro atoms. The lowest BCUT2D eigenvalue weighted by atomic mass is 9.91. The van der Waals surface area contributed by atoms with Crippen molar-refractivity contribution in [1.82, 2.24) is 20.5 Å². The highest BCUT2D eigenvalue weighted by molar-refractivity contribution is 5.94. The lowest BCUT2D eigenvalue weighted by Gasteiger charge is -2.23. The minimum atomic E-state index is -0.229. The summed E-state index contributed by atoms with van der Waals surface area (Å²) in [5.41, 5.74) is 5.74. The highest BCUT2D eigenvalue weighted by Gasteiger charge is 2.29. The Bertz CT molecular complexity index is 987. The summed E-state index contributed by atoms with van der Waals surface area (Å²) in [6.45, 7) is 0. The summed E-state index contributed by atoms with van der Waals surface area (Å²) in [5, 5.41) is 11.3. The SMILES string of the molecule is O=C(N[C@@H]1CCCc2c1[nH]c1ccc(F)cc21)c1n[nH]c2c1CCC2. The second-order valence-electron chi connectivity index (χ2n) is 7.01. The Morgan fingerprint density at radius 3 is 3.00 bits per heavy atom. The monoisotopic (exact) mass is 338 g/mol. The van der Waals surface area contributed by atoms with Crippen LogP contribution in [0.3, 0.4) is 0 Å². The number of hydrogen-bond acceptors (Lipinski definition) is 2. The van der Waals surface area contributed by atoms with Gasteiger partial charge in [-0.2, -0.15) is 5.10 Å². The fourth-order valence-electron chi connectivity index (χ4n) is 4.31. The zero-order valence-electron chi connectivity index (χ0n) is 13.8. The maximum absolute atomic E-state index is 13.6. The topological polar surface area (TPSA) is 73.6 Å². The number of aromatic nitrogens is 3. The van der Waals surface area contributed by atoms with E-state index in [4.69, 9.17) is 0 Å². The van der Waals surface area contributed by atoms with Gasteiger partial charge in [0.05, 0.1) is 6.04 Å². The number of fused-ring (bicyclic) bond motifs is 4. The van der Waals surface area contributed by atoms with E-state index in [1.165, 1.54) is 6.07 Å². The van der Waals surface area contributed by atoms with E-state index >= 15 is 0 Å². The molecule has 5 rings (SSSR count). The first-order chi connectivity index (χ1) is 12.2. The Morgan fingerprint density at radius 2 is 2.08 bits per heavy atom. The van der Waals surface area contributed by atoms with Crippen molar-refractivity contribution < 1.29 is 9.18 Å². The van der Waals surface area contributed by atoms with Crippen LogP contribution in [0, 0.1) is 5.82 Å². The molecule has 2 aliphatic carbocycles. The van der Waals surface area contributed by atoms with E-state index < -0.39 is 0 Å². The Morgan fingerprint density at radius 1 is 1.20 bits per heavy atom. The summed E-state index contributed by atoms with van der Waals surface area (Å²) in [6.07, 6.45) is 5.71. The number of H-pyrrole nitrogens is 2. The third-order valence-corrected chi connectivity index (χ3v) is 5.50. The number of rotatable bonds is 2. The van der Waals surface area contributed by atoms with Gasteiger partial charge in [-0.25, -0.2) is 4.39 Å². The molecule has 3 aromatic rings. The van der Waals surface area contributed by atoms with E-state index in [0.717, 1.165) is 71.9 Å². The number of amides is 1. The van der Waals surface area contributed by atoms with E-state index in [-0.39, 0.29) is 17.8 Å². The second-order valence-corrected chi connectivity index (χ2v) is 7.01. The molecule has 0 radical (unpaired) electrons. The normalized spacial score (nSPS) is 19.0. The summed E-state index contributed by atoms with van der Waals surface area (Å²) in [7, 11) is 0. The molecule has 0 fully saturated rings. The number of carbonyl (C=O) groups is 1. The summed E-state index contributed by atoms with van der Waals surface area (Å²) < 4.78 is 13.6. The average molecular weight is 338 g/mol. The number of nitrogens with one attached hydrogen (secondary N) is 3. The maximum atomic E-state index is 13.6. The van der Waals surface area contributed by atoms with Gasteiger partial charge in [-0.3, -0.25) is 9.89 Å². The van der Waals surface area contributed by atoms with E-state index in [0.29, 0.717) is 5.69 Å². The summed E-state index contributed by atoms with van der Waals surface area (Å²) in [4.78, 5) is 16.1. The Hall–Kier alpha value is -2.63. The van der Waals surface area contributed by atoms with Crippen molar-refractivity contribution in [2.75, 3.05) is 0 Å². The van der Waals surface area contributed by atoms with Crippen LogP contribution < -0.4 is 5.32 Å². The van der Waals surface area contributed by atoms with Gasteiger partial charge in [-0.1, -0.05) is 0 Å². The largest absolute Gasteiger partial charge is 0.356 e. The van der Waals surface area contributed by atoms with Crippen molar-refractivity contribution in [2.45, 2.75) is 44.6 Å². The van der Waals surface area contributed by atoms with Crippen LogP contribution in [-0.4, -0.2) is 21.1 Å². The predicted molar refractivity (Wildman–Crippen MR) is 92.0 cm³/mol. The molecule has 1 amide bonds. The van der Waals surface area contributed by atoms with E-state index in [1.807, 2.05) is 0 Å². The first-order valence-electron chi connectivity index (χ1n) is 8.87. The fraction of sp³-hybridized carbons (Fsp3) is 0.368. The molecule has 1 aromatic carbocycles. The number of hydrogen-bond donors (Lipinski definition) is 3. The summed E-state index contributed by atoms with van der Waals surface area (Å²) in [5.74, 6) is -0.352. The standard InChI is InChI=1S/C19H19FN4O/c20-10-7-8-14-13(9-10)11-3-1-6-16(17(11)21-14)22-19(25)18-12-4-2-5-15(12)23-24-18/h7-9,16,21H,1-6H2,(H,22,25)(H,23,24)/t16-/m1/s1. The molecule has 25 heavy (non-hydrogen) atoms. The molecule has 2 aliphatic rings. The van der Waals surface area contributed by atoms with Gasteiger partial charge < -0.3 is 10.3 Å². The first-order valence-corrected chi connectivity index (χ1v) is 8.87. The molecule has 5 nitrogen and oxygen atoms in total. The lowest BCUT2D eigenvalue weighted by Crippen LogP contribution is -2.31. The quantitative estimate of drug-likeness (QED) is 0.670. The highest BCUT2D eigenvalue weighted by atomic mass is 19.1. The van der Waals surface area contributed by atoms with Crippen molar-refractivity contribution in [3.63, 3.8) is 0 Å². The van der Waals surface area contributed by atoms with Crippen LogP contribution in [0.15, 0.2) is 18.2 Å². The molecule has 6 heteroatoms. The minimum Gasteiger partial charge on any atom is -0.356 e. The van der Waals surface area contributed by atoms with Gasteiger partial charge in [0.15, 0.2) is 5.69 Å². The van der Waals surface area contributed by atoms with Crippen molar-refractivity contribution in [2.24, 2.45) is 0 Å². The Labute approximate surface area is 144 Å². The van der Waals surface area contributed by atoms with Crippen molar-refractivity contribution in [3.05, 3.63) is 52.2 Å². The molecule has 0 saturated carbocycles. The van der Waals surface area contributed by atoms with Crippen LogP contribution in [0.2, 0.25) is 0 Å². The molecule has 1 atom stereocenters. The van der Waals surface area contributed by atoms with Crippen LogP contribution in [0.5, 0.6) is 0 Å². The molecule has 0 aliphatic heterocycles. The van der Waals surface area contributed by atoms with Gasteiger partial charge in [-0.15, -0.1) is 0 Å². The molecule has 0 unspecified atom stereocenters. The van der Waals surface area contributed by atoms with Gasteiger partial charge in [0.1, 0.15) is 5.82 Å². The van der Waals surface area contributed by atoms with Crippen LogP contribution in [0.25, 0.3) is 10.9 Å². The maximum Gasteiger partial charge on any atom is 0.272 e. The van der Waals surface area contributed by atoms with Crippen LogP contribution >= 0.6 is 0 Å².